The number of carbonyl (C=O) groups is 2. The number of likely N-dealkylation sites (tertiary alicyclic amines) is 1. The second-order valence-corrected chi connectivity index (χ2v) is 6.66. The number of hydrogen-bond donors (Lipinski definition) is 1. The maximum absolute atomic E-state index is 12.6. The lowest BCUT2D eigenvalue weighted by molar-refractivity contribution is -0.147. The fourth-order valence-electron chi connectivity index (χ4n) is 3.07. The zero-order chi connectivity index (χ0) is 14.3. The summed E-state index contributed by atoms with van der Waals surface area (Å²) in [4.78, 5) is 28.8. The van der Waals surface area contributed by atoms with Gasteiger partial charge in [0.15, 0.2) is 0 Å². The highest BCUT2D eigenvalue weighted by atomic mass is 32.1. The van der Waals surface area contributed by atoms with Gasteiger partial charge in [0.05, 0.1) is 0 Å². The number of amides is 2. The second-order valence-electron chi connectivity index (χ2n) is 5.66. The highest BCUT2D eigenvalue weighted by Crippen LogP contribution is 2.32. The molecule has 0 saturated carbocycles. The molecular weight excluding hydrogens is 276 g/mol. The van der Waals surface area contributed by atoms with E-state index in [1.54, 1.807) is 23.2 Å². The largest absolute Gasteiger partial charge is 0.480 e. The molecule has 3 rings (SSSR count). The molecule has 2 aliphatic rings. The number of thiophene rings is 1. The molecular formula is C14H18N2O3S. The molecule has 1 N–H and O–H groups in total. The van der Waals surface area contributed by atoms with Crippen LogP contribution >= 0.6 is 11.3 Å². The highest BCUT2D eigenvalue weighted by molar-refractivity contribution is 7.10. The number of hydrogen-bond acceptors (Lipinski definition) is 3. The lowest BCUT2D eigenvalue weighted by atomic mass is 9.99. The van der Waals surface area contributed by atoms with Crippen molar-refractivity contribution >= 4 is 23.3 Å². The Bertz CT molecular complexity index is 556. The first-order valence-electron chi connectivity index (χ1n) is 6.87. The van der Waals surface area contributed by atoms with E-state index in [1.165, 1.54) is 15.3 Å². The molecule has 108 valence electrons. The Balaban J connectivity index is 1.78. The number of aliphatic carboxylic acids is 1. The molecule has 2 aliphatic heterocycles. The SMILES string of the molecule is CC1(C(=O)O)CCCN1C(=O)N1CCc2sccc2C1. The molecule has 3 heterocycles. The molecule has 2 amide bonds. The molecule has 1 unspecified atom stereocenters. The average Bonchev–Trinajstić information content (AvgIpc) is 3.03. The Morgan fingerprint density at radius 3 is 2.95 bits per heavy atom. The van der Waals surface area contributed by atoms with Gasteiger partial charge < -0.3 is 14.9 Å². The van der Waals surface area contributed by atoms with Crippen molar-refractivity contribution in [3.05, 3.63) is 21.9 Å². The smallest absolute Gasteiger partial charge is 0.329 e. The Labute approximate surface area is 121 Å². The quantitative estimate of drug-likeness (QED) is 0.863. The van der Waals surface area contributed by atoms with E-state index in [9.17, 15) is 14.7 Å². The Kier molecular flexibility index (Phi) is 3.20. The number of nitrogens with zero attached hydrogens (tertiary/aromatic N) is 2. The van der Waals surface area contributed by atoms with Crippen molar-refractivity contribution in [3.63, 3.8) is 0 Å². The number of fused-ring (bicyclic) bond motifs is 1. The van der Waals surface area contributed by atoms with Crippen LogP contribution in [0.5, 0.6) is 0 Å². The van der Waals surface area contributed by atoms with E-state index in [0.29, 0.717) is 26.1 Å². The van der Waals surface area contributed by atoms with Crippen LogP contribution in [0.25, 0.3) is 0 Å². The normalized spacial score (nSPS) is 25.6. The Hall–Kier alpha value is -1.56. The maximum atomic E-state index is 12.6. The van der Waals surface area contributed by atoms with Crippen LogP contribution in [-0.2, 0) is 17.8 Å². The molecule has 1 aromatic rings. The van der Waals surface area contributed by atoms with Gasteiger partial charge in [0.25, 0.3) is 0 Å². The summed E-state index contributed by atoms with van der Waals surface area (Å²) in [6.07, 6.45) is 2.16. The number of carboxylic acid groups (broad SMARTS) is 1. The third kappa shape index (κ3) is 1.98. The maximum Gasteiger partial charge on any atom is 0.329 e. The van der Waals surface area contributed by atoms with Crippen LogP contribution in [-0.4, -0.2) is 45.5 Å². The van der Waals surface area contributed by atoms with Gasteiger partial charge >= 0.3 is 12.0 Å². The summed E-state index contributed by atoms with van der Waals surface area (Å²) in [5.41, 5.74) is 0.150. The number of carbonyl (C=O) groups excluding carboxylic acids is 1. The molecule has 1 saturated heterocycles. The van der Waals surface area contributed by atoms with Crippen molar-refractivity contribution in [2.45, 2.75) is 38.3 Å². The van der Waals surface area contributed by atoms with Crippen LogP contribution in [0.1, 0.15) is 30.2 Å². The number of rotatable bonds is 1. The first kappa shape index (κ1) is 13.4. The molecule has 20 heavy (non-hydrogen) atoms. The molecule has 1 atom stereocenters. The number of carboxylic acids is 1. The van der Waals surface area contributed by atoms with Crippen molar-refractivity contribution in [3.8, 4) is 0 Å². The minimum atomic E-state index is -1.05. The Morgan fingerprint density at radius 1 is 1.40 bits per heavy atom. The summed E-state index contributed by atoms with van der Waals surface area (Å²) in [6.45, 7) is 3.47. The molecule has 0 aromatic carbocycles. The van der Waals surface area contributed by atoms with Crippen LogP contribution in [0.3, 0.4) is 0 Å². The summed E-state index contributed by atoms with van der Waals surface area (Å²) in [7, 11) is 0. The van der Waals surface area contributed by atoms with Crippen LogP contribution < -0.4 is 0 Å². The monoisotopic (exact) mass is 294 g/mol. The van der Waals surface area contributed by atoms with Gasteiger partial charge in [0, 0.05) is 24.5 Å². The molecule has 0 aliphatic carbocycles. The van der Waals surface area contributed by atoms with Crippen molar-refractivity contribution < 1.29 is 14.7 Å². The van der Waals surface area contributed by atoms with E-state index in [2.05, 4.69) is 11.4 Å². The summed E-state index contributed by atoms with van der Waals surface area (Å²) in [5, 5.41) is 11.5. The lowest BCUT2D eigenvalue weighted by Crippen LogP contribution is -2.55. The van der Waals surface area contributed by atoms with E-state index in [1.807, 2.05) is 0 Å². The van der Waals surface area contributed by atoms with E-state index in [4.69, 9.17) is 0 Å². The van der Waals surface area contributed by atoms with E-state index in [-0.39, 0.29) is 6.03 Å². The molecule has 1 fully saturated rings. The van der Waals surface area contributed by atoms with Crippen molar-refractivity contribution in [1.82, 2.24) is 9.80 Å². The minimum Gasteiger partial charge on any atom is -0.480 e. The van der Waals surface area contributed by atoms with Crippen LogP contribution in [0.4, 0.5) is 4.79 Å². The van der Waals surface area contributed by atoms with E-state index in [0.717, 1.165) is 12.8 Å². The molecule has 6 heteroatoms. The standard InChI is InChI=1S/C14H18N2O3S/c1-14(12(17)18)5-2-6-16(14)13(19)15-7-3-11-10(9-15)4-8-20-11/h4,8H,2-3,5-7,9H2,1H3,(H,17,18). The van der Waals surface area contributed by atoms with Gasteiger partial charge in [-0.3, -0.25) is 0 Å². The van der Waals surface area contributed by atoms with Crippen molar-refractivity contribution in [2.75, 3.05) is 13.1 Å². The van der Waals surface area contributed by atoms with Gasteiger partial charge in [0.2, 0.25) is 0 Å². The first-order valence-corrected chi connectivity index (χ1v) is 7.75. The van der Waals surface area contributed by atoms with E-state index < -0.39 is 11.5 Å². The van der Waals surface area contributed by atoms with Gasteiger partial charge in [-0.15, -0.1) is 11.3 Å². The molecule has 1 aromatic heterocycles. The zero-order valence-corrected chi connectivity index (χ0v) is 12.3. The second kappa shape index (κ2) is 4.77. The van der Waals surface area contributed by atoms with E-state index >= 15 is 0 Å². The van der Waals surface area contributed by atoms with Crippen LogP contribution in [0, 0.1) is 0 Å². The molecule has 5 nitrogen and oxygen atoms in total. The van der Waals surface area contributed by atoms with Crippen LogP contribution in [0.15, 0.2) is 11.4 Å². The van der Waals surface area contributed by atoms with Gasteiger partial charge in [0.1, 0.15) is 5.54 Å². The number of urea groups is 1. The van der Waals surface area contributed by atoms with Gasteiger partial charge in [-0.25, -0.2) is 9.59 Å². The zero-order valence-electron chi connectivity index (χ0n) is 11.5. The summed E-state index contributed by atoms with van der Waals surface area (Å²) in [5.74, 6) is -0.906. The topological polar surface area (TPSA) is 60.9 Å². The van der Waals surface area contributed by atoms with Gasteiger partial charge in [-0.1, -0.05) is 0 Å². The van der Waals surface area contributed by atoms with Crippen LogP contribution in [0.2, 0.25) is 0 Å². The fraction of sp³-hybridized carbons (Fsp3) is 0.571. The first-order chi connectivity index (χ1) is 9.52. The lowest BCUT2D eigenvalue weighted by Gasteiger charge is -2.37. The Morgan fingerprint density at radius 2 is 2.20 bits per heavy atom. The molecule has 0 spiro atoms. The minimum absolute atomic E-state index is 0.135. The predicted molar refractivity (Wildman–Crippen MR) is 75.8 cm³/mol. The fourth-order valence-corrected chi connectivity index (χ4v) is 3.96. The van der Waals surface area contributed by atoms with Crippen molar-refractivity contribution in [2.24, 2.45) is 0 Å². The van der Waals surface area contributed by atoms with Gasteiger partial charge in [-0.2, -0.15) is 0 Å². The summed E-state index contributed by atoms with van der Waals surface area (Å²) < 4.78 is 0. The van der Waals surface area contributed by atoms with Crippen molar-refractivity contribution in [1.29, 1.82) is 0 Å². The molecule has 0 bridgehead atoms. The molecule has 0 radical (unpaired) electrons. The summed E-state index contributed by atoms with van der Waals surface area (Å²) >= 11 is 1.73. The highest BCUT2D eigenvalue weighted by Gasteiger charge is 2.47. The van der Waals surface area contributed by atoms with Gasteiger partial charge in [-0.05, 0) is 43.2 Å². The third-order valence-electron chi connectivity index (χ3n) is 4.41. The average molecular weight is 294 g/mol. The third-order valence-corrected chi connectivity index (χ3v) is 5.43. The predicted octanol–water partition coefficient (Wildman–Crippen LogP) is 2.17. The summed E-state index contributed by atoms with van der Waals surface area (Å²) in [6, 6.07) is 1.92.